The topological polar surface area (TPSA) is 47.7 Å². The normalized spacial score (nSPS) is 16.7. The number of hydrogen-bond acceptors (Lipinski definition) is 3. The third kappa shape index (κ3) is 2.63. The third-order valence-corrected chi connectivity index (χ3v) is 4.17. The van der Waals surface area contributed by atoms with Gasteiger partial charge in [-0.15, -0.1) is 0 Å². The second-order valence-corrected chi connectivity index (χ2v) is 5.60. The van der Waals surface area contributed by atoms with Crippen LogP contribution in [0.5, 0.6) is 0 Å². The molecule has 1 aliphatic heterocycles. The fraction of sp³-hybridized carbons (Fsp3) is 0.600. The zero-order valence-electron chi connectivity index (χ0n) is 12.3. The summed E-state index contributed by atoms with van der Waals surface area (Å²) in [7, 11) is 1.99. The Bertz CT molecular complexity index is 563. The van der Waals surface area contributed by atoms with Gasteiger partial charge >= 0.3 is 0 Å². The first-order valence-electron chi connectivity index (χ1n) is 7.50. The summed E-state index contributed by atoms with van der Waals surface area (Å²) in [5.41, 5.74) is 3.87. The third-order valence-electron chi connectivity index (χ3n) is 4.17. The van der Waals surface area contributed by atoms with Crippen molar-refractivity contribution in [1.82, 2.24) is 24.6 Å². The summed E-state index contributed by atoms with van der Waals surface area (Å²) in [4.78, 5) is 4.37. The first-order chi connectivity index (χ1) is 9.78. The Kier molecular flexibility index (Phi) is 3.87. The van der Waals surface area contributed by atoms with Gasteiger partial charge in [-0.1, -0.05) is 6.92 Å². The van der Waals surface area contributed by atoms with E-state index in [9.17, 15) is 0 Å². The maximum atomic E-state index is 4.52. The predicted octanol–water partition coefficient (Wildman–Crippen LogP) is 1.69. The minimum Gasteiger partial charge on any atom is -0.330 e. The molecule has 1 aliphatic rings. The molecule has 1 fully saturated rings. The molecule has 20 heavy (non-hydrogen) atoms. The fourth-order valence-electron chi connectivity index (χ4n) is 3.12. The van der Waals surface area contributed by atoms with Gasteiger partial charge in [0.25, 0.3) is 0 Å². The van der Waals surface area contributed by atoms with Crippen molar-refractivity contribution in [3.05, 3.63) is 35.7 Å². The van der Waals surface area contributed by atoms with E-state index in [0.29, 0.717) is 5.92 Å². The number of imidazole rings is 1. The summed E-state index contributed by atoms with van der Waals surface area (Å²) in [6.45, 7) is 5.27. The lowest BCUT2D eigenvalue weighted by atomic mass is 9.95. The van der Waals surface area contributed by atoms with E-state index in [1.165, 1.54) is 29.8 Å². The summed E-state index contributed by atoms with van der Waals surface area (Å²) in [6, 6.07) is 0. The van der Waals surface area contributed by atoms with Crippen LogP contribution >= 0.6 is 0 Å². The van der Waals surface area contributed by atoms with Gasteiger partial charge in [0.05, 0.1) is 18.6 Å². The molecule has 0 bridgehead atoms. The van der Waals surface area contributed by atoms with E-state index in [4.69, 9.17) is 0 Å². The molecule has 0 saturated carbocycles. The molecule has 0 amide bonds. The van der Waals surface area contributed by atoms with E-state index in [2.05, 4.69) is 33.1 Å². The molecule has 3 heterocycles. The van der Waals surface area contributed by atoms with Crippen molar-refractivity contribution >= 4 is 0 Å². The average Bonchev–Trinajstić information content (AvgIpc) is 3.07. The highest BCUT2D eigenvalue weighted by atomic mass is 15.3. The first kappa shape index (κ1) is 13.4. The summed E-state index contributed by atoms with van der Waals surface area (Å²) < 4.78 is 4.21. The van der Waals surface area contributed by atoms with Crippen LogP contribution in [-0.4, -0.2) is 32.4 Å². The molecule has 5 nitrogen and oxygen atoms in total. The van der Waals surface area contributed by atoms with Crippen molar-refractivity contribution in [3.63, 3.8) is 0 Å². The number of aromatic nitrogens is 4. The van der Waals surface area contributed by atoms with Gasteiger partial charge in [-0.05, 0) is 32.4 Å². The van der Waals surface area contributed by atoms with Crippen LogP contribution in [0.1, 0.15) is 42.6 Å². The molecule has 0 aliphatic carbocycles. The largest absolute Gasteiger partial charge is 0.330 e. The maximum absolute atomic E-state index is 4.52. The Balaban J connectivity index is 1.82. The highest BCUT2D eigenvalue weighted by Crippen LogP contribution is 2.25. The summed E-state index contributed by atoms with van der Waals surface area (Å²) >= 11 is 0. The van der Waals surface area contributed by atoms with Crippen LogP contribution in [0.25, 0.3) is 0 Å². The second-order valence-electron chi connectivity index (χ2n) is 5.60. The highest BCUT2D eigenvalue weighted by Gasteiger charge is 2.19. The fourth-order valence-corrected chi connectivity index (χ4v) is 3.12. The Morgan fingerprint density at radius 2 is 2.15 bits per heavy atom. The average molecular weight is 273 g/mol. The van der Waals surface area contributed by atoms with Gasteiger partial charge in [-0.25, -0.2) is 4.98 Å². The molecule has 2 aromatic heterocycles. The number of rotatable bonds is 4. The second kappa shape index (κ2) is 5.79. The van der Waals surface area contributed by atoms with E-state index < -0.39 is 0 Å². The molecule has 0 spiro atoms. The van der Waals surface area contributed by atoms with Crippen LogP contribution < -0.4 is 5.32 Å². The summed E-state index contributed by atoms with van der Waals surface area (Å²) in [6.07, 6.45) is 9.53. The van der Waals surface area contributed by atoms with Gasteiger partial charge < -0.3 is 9.88 Å². The van der Waals surface area contributed by atoms with Crippen LogP contribution in [0.2, 0.25) is 0 Å². The molecule has 2 aromatic rings. The number of piperidine rings is 1. The van der Waals surface area contributed by atoms with Gasteiger partial charge in [0.1, 0.15) is 0 Å². The lowest BCUT2D eigenvalue weighted by Crippen LogP contribution is -2.27. The lowest BCUT2D eigenvalue weighted by molar-refractivity contribution is 0.442. The molecular weight excluding hydrogens is 250 g/mol. The highest BCUT2D eigenvalue weighted by molar-refractivity contribution is 5.19. The van der Waals surface area contributed by atoms with E-state index >= 15 is 0 Å². The molecule has 0 radical (unpaired) electrons. The van der Waals surface area contributed by atoms with Gasteiger partial charge in [-0.2, -0.15) is 5.10 Å². The standard InChI is InChI=1S/C15H23N5/c1-3-14-13(9-19(2)18-14)10-20-11-17-8-15(20)12-4-6-16-7-5-12/h8-9,11-12,16H,3-7,10H2,1-2H3. The van der Waals surface area contributed by atoms with E-state index in [1.54, 1.807) is 0 Å². The first-order valence-corrected chi connectivity index (χ1v) is 7.50. The maximum Gasteiger partial charge on any atom is 0.0951 e. The van der Waals surface area contributed by atoms with Gasteiger partial charge in [0.15, 0.2) is 0 Å². The number of aryl methyl sites for hydroxylation is 2. The lowest BCUT2D eigenvalue weighted by Gasteiger charge is -2.23. The summed E-state index contributed by atoms with van der Waals surface area (Å²) in [5.74, 6) is 0.639. The zero-order valence-corrected chi connectivity index (χ0v) is 12.3. The molecule has 1 saturated heterocycles. The monoisotopic (exact) mass is 273 g/mol. The van der Waals surface area contributed by atoms with Crippen LogP contribution in [-0.2, 0) is 20.0 Å². The molecular formula is C15H23N5. The smallest absolute Gasteiger partial charge is 0.0951 e. The molecule has 3 rings (SSSR count). The Morgan fingerprint density at radius 1 is 1.35 bits per heavy atom. The molecule has 0 unspecified atom stereocenters. The molecule has 5 heteroatoms. The SMILES string of the molecule is CCc1nn(C)cc1Cn1cncc1C1CCNCC1. The minimum absolute atomic E-state index is 0.639. The molecule has 1 N–H and O–H groups in total. The van der Waals surface area contributed by atoms with Crippen molar-refractivity contribution < 1.29 is 0 Å². The molecule has 0 aromatic carbocycles. The Morgan fingerprint density at radius 3 is 2.90 bits per heavy atom. The minimum atomic E-state index is 0.639. The van der Waals surface area contributed by atoms with Crippen molar-refractivity contribution in [2.24, 2.45) is 7.05 Å². The van der Waals surface area contributed by atoms with Crippen LogP contribution in [0, 0.1) is 0 Å². The van der Waals surface area contributed by atoms with Crippen molar-refractivity contribution in [2.75, 3.05) is 13.1 Å². The van der Waals surface area contributed by atoms with E-state index in [-0.39, 0.29) is 0 Å². The van der Waals surface area contributed by atoms with Gasteiger partial charge in [-0.3, -0.25) is 4.68 Å². The molecule has 0 atom stereocenters. The van der Waals surface area contributed by atoms with Crippen molar-refractivity contribution in [3.8, 4) is 0 Å². The van der Waals surface area contributed by atoms with Gasteiger partial charge in [0, 0.05) is 36.6 Å². The number of nitrogens with one attached hydrogen (secondary N) is 1. The van der Waals surface area contributed by atoms with Crippen LogP contribution in [0.4, 0.5) is 0 Å². The van der Waals surface area contributed by atoms with E-state index in [0.717, 1.165) is 26.1 Å². The Labute approximate surface area is 120 Å². The van der Waals surface area contributed by atoms with Crippen LogP contribution in [0.15, 0.2) is 18.7 Å². The van der Waals surface area contributed by atoms with Crippen LogP contribution in [0.3, 0.4) is 0 Å². The van der Waals surface area contributed by atoms with Crippen molar-refractivity contribution in [2.45, 2.75) is 38.6 Å². The molecule has 108 valence electrons. The summed E-state index contributed by atoms with van der Waals surface area (Å²) in [5, 5.41) is 7.95. The Hall–Kier alpha value is -1.62. The zero-order chi connectivity index (χ0) is 13.9. The number of nitrogens with zero attached hydrogens (tertiary/aromatic N) is 4. The van der Waals surface area contributed by atoms with Crippen molar-refractivity contribution in [1.29, 1.82) is 0 Å². The predicted molar refractivity (Wildman–Crippen MR) is 78.8 cm³/mol. The number of hydrogen-bond donors (Lipinski definition) is 1. The van der Waals surface area contributed by atoms with Gasteiger partial charge in [0.2, 0.25) is 0 Å². The van der Waals surface area contributed by atoms with E-state index in [1.807, 2.05) is 24.3 Å². The quantitative estimate of drug-likeness (QED) is 0.922.